The Bertz CT molecular complexity index is 824. The van der Waals surface area contributed by atoms with Gasteiger partial charge in [0.15, 0.2) is 5.65 Å². The van der Waals surface area contributed by atoms with E-state index in [-0.39, 0.29) is 5.91 Å². The molecule has 6 heteroatoms. The molecule has 0 unspecified atom stereocenters. The maximum atomic E-state index is 12.2. The summed E-state index contributed by atoms with van der Waals surface area (Å²) in [5.41, 5.74) is 3.06. The fourth-order valence-electron chi connectivity index (χ4n) is 2.13. The van der Waals surface area contributed by atoms with Gasteiger partial charge in [-0.05, 0) is 49.7 Å². The molecule has 0 bridgehead atoms. The quantitative estimate of drug-likeness (QED) is 0.775. The van der Waals surface area contributed by atoms with Crippen molar-refractivity contribution in [3.63, 3.8) is 0 Å². The van der Waals surface area contributed by atoms with E-state index in [1.165, 1.54) is 0 Å². The molecule has 2 aromatic heterocycles. The van der Waals surface area contributed by atoms with Crippen LogP contribution in [0.1, 0.15) is 21.7 Å². The van der Waals surface area contributed by atoms with Gasteiger partial charge in [-0.25, -0.2) is 9.50 Å². The molecular weight excluding hydrogens is 332 g/mol. The lowest BCUT2D eigenvalue weighted by molar-refractivity contribution is 0.102. The highest BCUT2D eigenvalue weighted by molar-refractivity contribution is 9.10. The van der Waals surface area contributed by atoms with Crippen molar-refractivity contribution in [1.82, 2.24) is 14.6 Å². The first-order chi connectivity index (χ1) is 10.0. The third kappa shape index (κ3) is 2.80. The number of carbonyl (C=O) groups excluding carboxylic acids is 1. The third-order valence-corrected chi connectivity index (χ3v) is 3.62. The van der Waals surface area contributed by atoms with Gasteiger partial charge in [-0.2, -0.15) is 5.10 Å². The fraction of sp³-hybridized carbons (Fsp3) is 0.133. The molecule has 0 atom stereocenters. The van der Waals surface area contributed by atoms with Crippen LogP contribution in [0.5, 0.6) is 0 Å². The van der Waals surface area contributed by atoms with E-state index in [0.717, 1.165) is 15.7 Å². The number of benzene rings is 1. The number of fused-ring (bicyclic) bond motifs is 1. The van der Waals surface area contributed by atoms with Crippen molar-refractivity contribution in [1.29, 1.82) is 0 Å². The molecule has 0 saturated carbocycles. The molecule has 0 fully saturated rings. The number of carbonyl (C=O) groups is 1. The van der Waals surface area contributed by atoms with E-state index in [4.69, 9.17) is 0 Å². The Kier molecular flexibility index (Phi) is 3.47. The smallest absolute Gasteiger partial charge is 0.255 e. The minimum Gasteiger partial charge on any atom is -0.321 e. The Hall–Kier alpha value is -2.21. The van der Waals surface area contributed by atoms with Crippen LogP contribution < -0.4 is 5.32 Å². The van der Waals surface area contributed by atoms with Crippen LogP contribution in [0.25, 0.3) is 5.65 Å². The van der Waals surface area contributed by atoms with E-state index in [2.05, 4.69) is 31.3 Å². The highest BCUT2D eigenvalue weighted by atomic mass is 79.9. The van der Waals surface area contributed by atoms with E-state index in [0.29, 0.717) is 17.1 Å². The van der Waals surface area contributed by atoms with Crippen LogP contribution in [0.2, 0.25) is 0 Å². The Labute approximate surface area is 130 Å². The second-order valence-corrected chi connectivity index (χ2v) is 5.72. The lowest BCUT2D eigenvalue weighted by Crippen LogP contribution is -2.12. The van der Waals surface area contributed by atoms with Crippen molar-refractivity contribution in [2.24, 2.45) is 0 Å². The second kappa shape index (κ2) is 5.29. The predicted octanol–water partition coefficient (Wildman–Crippen LogP) is 3.36. The number of nitrogens with one attached hydrogen (secondary N) is 1. The van der Waals surface area contributed by atoms with Crippen LogP contribution in [0.4, 0.5) is 5.69 Å². The number of halogens is 1. The number of hydrogen-bond acceptors (Lipinski definition) is 3. The van der Waals surface area contributed by atoms with Crippen LogP contribution in [0, 0.1) is 13.8 Å². The first-order valence-electron chi connectivity index (χ1n) is 6.43. The summed E-state index contributed by atoms with van der Waals surface area (Å²) in [5, 5.41) is 7.15. The molecule has 0 radical (unpaired) electrons. The standard InChI is InChI=1S/C15H13BrN4O/c1-9-7-13(8-20-14(9)17-10(2)19-20)18-15(21)11-3-5-12(16)6-4-11/h3-8H,1-2H3,(H,18,21). The number of pyridine rings is 1. The Morgan fingerprint density at radius 2 is 1.95 bits per heavy atom. The van der Waals surface area contributed by atoms with Crippen molar-refractivity contribution in [3.8, 4) is 0 Å². The van der Waals surface area contributed by atoms with Gasteiger partial charge in [-0.3, -0.25) is 4.79 Å². The van der Waals surface area contributed by atoms with E-state index >= 15 is 0 Å². The van der Waals surface area contributed by atoms with Crippen LogP contribution >= 0.6 is 15.9 Å². The summed E-state index contributed by atoms with van der Waals surface area (Å²) in [6.07, 6.45) is 1.76. The molecule has 1 amide bonds. The van der Waals surface area contributed by atoms with E-state index in [1.807, 2.05) is 32.0 Å². The van der Waals surface area contributed by atoms with Gasteiger partial charge in [0, 0.05) is 10.0 Å². The summed E-state index contributed by atoms with van der Waals surface area (Å²) in [6, 6.07) is 9.10. The molecule has 0 aliphatic rings. The maximum absolute atomic E-state index is 12.2. The number of aromatic nitrogens is 3. The van der Waals surface area contributed by atoms with Crippen LogP contribution in [-0.4, -0.2) is 20.5 Å². The molecule has 0 aliphatic carbocycles. The number of nitrogens with zero attached hydrogens (tertiary/aromatic N) is 3. The van der Waals surface area contributed by atoms with Crippen molar-refractivity contribution in [2.75, 3.05) is 5.32 Å². The van der Waals surface area contributed by atoms with Crippen molar-refractivity contribution < 1.29 is 4.79 Å². The number of amides is 1. The van der Waals surface area contributed by atoms with Crippen LogP contribution in [-0.2, 0) is 0 Å². The van der Waals surface area contributed by atoms with Gasteiger partial charge in [0.25, 0.3) is 5.91 Å². The van der Waals surface area contributed by atoms with Gasteiger partial charge in [0.1, 0.15) is 5.82 Å². The summed E-state index contributed by atoms with van der Waals surface area (Å²) in [7, 11) is 0. The first kappa shape index (κ1) is 13.8. The molecule has 1 N–H and O–H groups in total. The SMILES string of the molecule is Cc1nc2c(C)cc(NC(=O)c3ccc(Br)cc3)cn2n1. The Morgan fingerprint density at radius 1 is 1.24 bits per heavy atom. The molecule has 2 heterocycles. The molecular formula is C15H13BrN4O. The average Bonchev–Trinajstić information content (AvgIpc) is 2.80. The molecule has 106 valence electrons. The van der Waals surface area contributed by atoms with E-state index in [9.17, 15) is 4.79 Å². The number of hydrogen-bond donors (Lipinski definition) is 1. The van der Waals surface area contributed by atoms with Gasteiger partial charge < -0.3 is 5.32 Å². The summed E-state index contributed by atoms with van der Waals surface area (Å²) in [4.78, 5) is 16.5. The van der Waals surface area contributed by atoms with Gasteiger partial charge in [-0.15, -0.1) is 0 Å². The van der Waals surface area contributed by atoms with Crippen molar-refractivity contribution in [2.45, 2.75) is 13.8 Å². The molecule has 5 nitrogen and oxygen atoms in total. The Balaban J connectivity index is 1.90. The average molecular weight is 345 g/mol. The summed E-state index contributed by atoms with van der Waals surface area (Å²) >= 11 is 3.35. The molecule has 0 saturated heterocycles. The summed E-state index contributed by atoms with van der Waals surface area (Å²) < 4.78 is 2.62. The highest BCUT2D eigenvalue weighted by Crippen LogP contribution is 2.17. The number of aryl methyl sites for hydroxylation is 2. The zero-order chi connectivity index (χ0) is 15.0. The van der Waals surface area contributed by atoms with Gasteiger partial charge in [-0.1, -0.05) is 15.9 Å². The largest absolute Gasteiger partial charge is 0.321 e. The minimum atomic E-state index is -0.155. The Morgan fingerprint density at radius 3 is 2.67 bits per heavy atom. The summed E-state index contributed by atoms with van der Waals surface area (Å²) in [6.45, 7) is 3.78. The third-order valence-electron chi connectivity index (χ3n) is 3.09. The fourth-order valence-corrected chi connectivity index (χ4v) is 2.39. The molecule has 21 heavy (non-hydrogen) atoms. The molecule has 1 aromatic carbocycles. The van der Waals surface area contributed by atoms with Crippen LogP contribution in [0.15, 0.2) is 41.0 Å². The van der Waals surface area contributed by atoms with Crippen molar-refractivity contribution in [3.05, 3.63) is 58.0 Å². The monoisotopic (exact) mass is 344 g/mol. The van der Waals surface area contributed by atoms with Gasteiger partial charge in [0.05, 0.1) is 11.9 Å². The number of rotatable bonds is 2. The highest BCUT2D eigenvalue weighted by Gasteiger charge is 2.09. The van der Waals surface area contributed by atoms with Gasteiger partial charge >= 0.3 is 0 Å². The molecule has 3 rings (SSSR count). The minimum absolute atomic E-state index is 0.155. The van der Waals surface area contributed by atoms with Gasteiger partial charge in [0.2, 0.25) is 0 Å². The molecule has 0 aliphatic heterocycles. The molecule has 3 aromatic rings. The topological polar surface area (TPSA) is 59.3 Å². The van der Waals surface area contributed by atoms with E-state index < -0.39 is 0 Å². The maximum Gasteiger partial charge on any atom is 0.255 e. The van der Waals surface area contributed by atoms with Crippen molar-refractivity contribution >= 4 is 33.2 Å². The predicted molar refractivity (Wildman–Crippen MR) is 84.6 cm³/mol. The number of anilines is 1. The normalized spacial score (nSPS) is 10.8. The lowest BCUT2D eigenvalue weighted by atomic mass is 10.2. The second-order valence-electron chi connectivity index (χ2n) is 4.80. The van der Waals surface area contributed by atoms with Crippen LogP contribution in [0.3, 0.4) is 0 Å². The zero-order valence-corrected chi connectivity index (χ0v) is 13.2. The zero-order valence-electron chi connectivity index (χ0n) is 11.6. The molecule has 0 spiro atoms. The van der Waals surface area contributed by atoms with E-state index in [1.54, 1.807) is 22.8 Å². The first-order valence-corrected chi connectivity index (χ1v) is 7.23. The lowest BCUT2D eigenvalue weighted by Gasteiger charge is -2.07. The summed E-state index contributed by atoms with van der Waals surface area (Å²) in [5.74, 6) is 0.549.